The number of hydrogen-bond donors (Lipinski definition) is 0. The molecule has 94 valence electrons. The van der Waals surface area contributed by atoms with Crippen LogP contribution in [0.2, 0.25) is 0 Å². The van der Waals surface area contributed by atoms with E-state index in [1.165, 1.54) is 64.2 Å². The zero-order valence-electron chi connectivity index (χ0n) is 11.0. The van der Waals surface area contributed by atoms with Gasteiger partial charge in [0.25, 0.3) is 0 Å². The van der Waals surface area contributed by atoms with Crippen molar-refractivity contribution < 1.29 is 17.1 Å². The number of rotatable bonds is 1. The van der Waals surface area contributed by atoms with Gasteiger partial charge in [-0.25, -0.2) is 0 Å². The van der Waals surface area contributed by atoms with E-state index in [0.29, 0.717) is 0 Å². The molecule has 0 nitrogen and oxygen atoms in total. The van der Waals surface area contributed by atoms with Crippen molar-refractivity contribution in [2.24, 2.45) is 5.92 Å². The molecule has 0 aliphatic heterocycles. The van der Waals surface area contributed by atoms with E-state index < -0.39 is 0 Å². The van der Waals surface area contributed by atoms with Gasteiger partial charge in [-0.1, -0.05) is 71.1 Å². The molecule has 0 N–H and O–H groups in total. The van der Waals surface area contributed by atoms with Gasteiger partial charge in [-0.05, 0) is 5.92 Å². The molecule has 0 saturated heterocycles. The van der Waals surface area contributed by atoms with Crippen LogP contribution in [0.3, 0.4) is 0 Å². The first-order valence-corrected chi connectivity index (χ1v) is 5.93. The van der Waals surface area contributed by atoms with E-state index in [-0.39, 0.29) is 31.9 Å². The van der Waals surface area contributed by atoms with E-state index in [1.54, 1.807) is 0 Å². The first kappa shape index (κ1) is 20.9. The first-order valence-electron chi connectivity index (χ1n) is 5.93. The van der Waals surface area contributed by atoms with Gasteiger partial charge in [0.2, 0.25) is 0 Å². The van der Waals surface area contributed by atoms with Crippen LogP contribution in [0.15, 0.2) is 0 Å². The Morgan fingerprint density at radius 1 is 0.733 bits per heavy atom. The molecule has 2 aliphatic rings. The van der Waals surface area contributed by atoms with Gasteiger partial charge in [-0.2, -0.15) is 0 Å². The monoisotopic (exact) mass is 254 g/mol. The van der Waals surface area contributed by atoms with Crippen LogP contribution in [0.4, 0.5) is 0 Å². The van der Waals surface area contributed by atoms with Crippen molar-refractivity contribution in [3.63, 3.8) is 0 Å². The van der Waals surface area contributed by atoms with Gasteiger partial charge < -0.3 is 14.9 Å². The van der Waals surface area contributed by atoms with Crippen molar-refractivity contribution in [1.29, 1.82) is 0 Å². The Bertz CT molecular complexity index is 83.9. The largest absolute Gasteiger partial charge is 2.00 e. The third kappa shape index (κ3) is 10.8. The van der Waals surface area contributed by atoms with Gasteiger partial charge in [-0.15, -0.1) is 0 Å². The average molecular weight is 254 g/mol. The van der Waals surface area contributed by atoms with Crippen molar-refractivity contribution in [2.75, 3.05) is 0 Å². The van der Waals surface area contributed by atoms with E-state index in [9.17, 15) is 0 Å². The van der Waals surface area contributed by atoms with Gasteiger partial charge in [0, 0.05) is 0 Å². The van der Waals surface area contributed by atoms with Crippen LogP contribution in [0.1, 0.15) is 71.1 Å². The summed E-state index contributed by atoms with van der Waals surface area (Å²) in [5.74, 6) is 1.10. The fourth-order valence-corrected chi connectivity index (χ4v) is 2.30. The molecule has 2 saturated carbocycles. The molecule has 0 spiro atoms. The average Bonchev–Trinajstić information content (AvgIpc) is 2.81. The molecule has 0 aromatic carbocycles. The summed E-state index contributed by atoms with van der Waals surface area (Å²) in [4.78, 5) is 0. The van der Waals surface area contributed by atoms with Crippen LogP contribution in [-0.2, 0) is 17.1 Å². The molecule has 0 aromatic rings. The summed E-state index contributed by atoms with van der Waals surface area (Å²) in [6.07, 6.45) is 14.9. The summed E-state index contributed by atoms with van der Waals surface area (Å²) in [6.45, 7) is 2.30. The molecule has 0 amide bonds. The van der Waals surface area contributed by atoms with Gasteiger partial charge in [0.05, 0.1) is 0 Å². The molecule has 0 bridgehead atoms. The van der Waals surface area contributed by atoms with Crippen molar-refractivity contribution in [3.8, 4) is 0 Å². The maximum absolute atomic E-state index is 2.30. The summed E-state index contributed by atoms with van der Waals surface area (Å²) < 4.78 is 0. The Hall–Kier alpha value is 0.519. The summed E-state index contributed by atoms with van der Waals surface area (Å²) in [5, 5.41) is 0. The molecule has 0 radical (unpaired) electrons. The van der Waals surface area contributed by atoms with Crippen molar-refractivity contribution in [3.05, 3.63) is 14.9 Å². The minimum atomic E-state index is 0. The molecule has 0 aromatic heterocycles. The van der Waals surface area contributed by atoms with Crippen LogP contribution in [0.25, 0.3) is 0 Å². The van der Waals surface area contributed by atoms with Crippen molar-refractivity contribution in [1.82, 2.24) is 0 Å². The van der Waals surface area contributed by atoms with Crippen LogP contribution >= 0.6 is 0 Å². The SMILES string of the molecule is C1CCCC1.CCC1CCCC1.[CH3-].[CH3-].[Fe+2]. The van der Waals surface area contributed by atoms with E-state index in [0.717, 1.165) is 5.92 Å². The van der Waals surface area contributed by atoms with E-state index in [1.807, 2.05) is 0 Å². The standard InChI is InChI=1S/C7H14.C5H10.2CH3.Fe/c1-2-7-5-3-4-6-7;1-2-4-5-3-1;;;/h7H,2-6H2,1H3;1-5H2;2*1H3;/q;;2*-1;+2. The molecule has 2 rings (SSSR count). The third-order valence-corrected chi connectivity index (χ3v) is 3.30. The molecule has 0 heterocycles. The quantitative estimate of drug-likeness (QED) is 0.432. The van der Waals surface area contributed by atoms with Gasteiger partial charge in [0.15, 0.2) is 0 Å². The molecule has 1 heteroatoms. The van der Waals surface area contributed by atoms with Crippen LogP contribution in [0, 0.1) is 20.8 Å². The third-order valence-electron chi connectivity index (χ3n) is 3.30. The maximum Gasteiger partial charge on any atom is 2.00 e. The molecule has 2 fully saturated rings. The van der Waals surface area contributed by atoms with Gasteiger partial charge >= 0.3 is 17.1 Å². The summed E-state index contributed by atoms with van der Waals surface area (Å²) in [5.41, 5.74) is 0. The first-order chi connectivity index (χ1) is 5.93. The van der Waals surface area contributed by atoms with Crippen LogP contribution in [0.5, 0.6) is 0 Å². The molecule has 15 heavy (non-hydrogen) atoms. The second-order valence-electron chi connectivity index (χ2n) is 4.33. The van der Waals surface area contributed by atoms with Crippen molar-refractivity contribution in [2.45, 2.75) is 71.1 Å². The van der Waals surface area contributed by atoms with Crippen molar-refractivity contribution >= 4 is 0 Å². The zero-order valence-corrected chi connectivity index (χ0v) is 12.1. The zero-order chi connectivity index (χ0) is 8.65. The summed E-state index contributed by atoms with van der Waals surface area (Å²) >= 11 is 0. The number of hydrogen-bond acceptors (Lipinski definition) is 0. The second-order valence-corrected chi connectivity index (χ2v) is 4.33. The molecule has 0 atom stereocenters. The molecular weight excluding hydrogens is 224 g/mol. The Balaban J connectivity index is -0.000000165. The predicted molar refractivity (Wildman–Crippen MR) is 68.2 cm³/mol. The van der Waals surface area contributed by atoms with Crippen LogP contribution < -0.4 is 0 Å². The summed E-state index contributed by atoms with van der Waals surface area (Å²) in [7, 11) is 0. The smallest absolute Gasteiger partial charge is 0.358 e. The molecular formula is C14H30Fe. The van der Waals surface area contributed by atoms with Crippen LogP contribution in [-0.4, -0.2) is 0 Å². The van der Waals surface area contributed by atoms with Gasteiger partial charge in [0.1, 0.15) is 0 Å². The normalized spacial score (nSPS) is 19.0. The fourth-order valence-electron chi connectivity index (χ4n) is 2.30. The fraction of sp³-hybridized carbons (Fsp3) is 0.857. The molecule has 0 unspecified atom stereocenters. The van der Waals surface area contributed by atoms with E-state index in [4.69, 9.17) is 0 Å². The predicted octanol–water partition coefficient (Wildman–Crippen LogP) is 5.44. The molecule has 2 aliphatic carbocycles. The Kier molecular flexibility index (Phi) is 20.2. The topological polar surface area (TPSA) is 0 Å². The minimum absolute atomic E-state index is 0. The summed E-state index contributed by atoms with van der Waals surface area (Å²) in [6, 6.07) is 0. The maximum atomic E-state index is 2.30. The van der Waals surface area contributed by atoms with E-state index >= 15 is 0 Å². The Labute approximate surface area is 109 Å². The Morgan fingerprint density at radius 2 is 1.07 bits per heavy atom. The minimum Gasteiger partial charge on any atom is -0.358 e. The Morgan fingerprint density at radius 3 is 1.27 bits per heavy atom. The van der Waals surface area contributed by atoms with E-state index in [2.05, 4.69) is 6.92 Å². The second kappa shape index (κ2) is 14.5. The van der Waals surface area contributed by atoms with Gasteiger partial charge in [-0.3, -0.25) is 0 Å².